The van der Waals surface area contributed by atoms with Crippen LogP contribution in [0.2, 0.25) is 5.02 Å². The van der Waals surface area contributed by atoms with Gasteiger partial charge in [-0.2, -0.15) is 0 Å². The number of alkyl halides is 1. The van der Waals surface area contributed by atoms with Crippen LogP contribution >= 0.6 is 34.5 Å². The molecule has 0 N–H and O–H groups in total. The van der Waals surface area contributed by atoms with Gasteiger partial charge >= 0.3 is 0 Å². The van der Waals surface area contributed by atoms with Crippen molar-refractivity contribution in [1.82, 2.24) is 4.98 Å². The molecule has 0 amide bonds. The number of aryl methyl sites for hydroxylation is 1. The molecular weight excluding hydrogens is 289 g/mol. The van der Waals surface area contributed by atoms with Gasteiger partial charge in [0.2, 0.25) is 0 Å². The quantitative estimate of drug-likeness (QED) is 0.577. The first-order valence-corrected chi connectivity index (χ1v) is 7.45. The lowest BCUT2D eigenvalue weighted by atomic mass is 10.3. The van der Waals surface area contributed by atoms with Crippen LogP contribution in [0.15, 0.2) is 29.6 Å². The first-order chi connectivity index (χ1) is 8.78. The molecule has 0 spiro atoms. The van der Waals surface area contributed by atoms with Gasteiger partial charge in [0.05, 0.1) is 23.2 Å². The van der Waals surface area contributed by atoms with Crippen LogP contribution in [0, 0.1) is 0 Å². The van der Waals surface area contributed by atoms with E-state index >= 15 is 0 Å². The van der Waals surface area contributed by atoms with Crippen LogP contribution in [0.3, 0.4) is 0 Å². The number of ether oxygens (including phenoxy) is 1. The summed E-state index contributed by atoms with van der Waals surface area (Å²) in [7, 11) is 0. The Morgan fingerprint density at radius 3 is 2.94 bits per heavy atom. The number of thiazole rings is 1. The van der Waals surface area contributed by atoms with Crippen molar-refractivity contribution in [2.45, 2.75) is 18.7 Å². The topological polar surface area (TPSA) is 22.1 Å². The van der Waals surface area contributed by atoms with E-state index in [0.717, 1.165) is 29.3 Å². The Morgan fingerprint density at radius 1 is 1.33 bits per heavy atom. The lowest BCUT2D eigenvalue weighted by Crippen LogP contribution is -1.99. The molecule has 1 aromatic heterocycles. The van der Waals surface area contributed by atoms with Crippen LogP contribution in [0.5, 0.6) is 5.75 Å². The molecule has 0 fully saturated rings. The van der Waals surface area contributed by atoms with Crippen molar-refractivity contribution in [2.24, 2.45) is 0 Å². The van der Waals surface area contributed by atoms with Gasteiger partial charge in [0.15, 0.2) is 0 Å². The molecule has 0 saturated heterocycles. The van der Waals surface area contributed by atoms with E-state index in [1.54, 1.807) is 11.3 Å². The van der Waals surface area contributed by atoms with Crippen molar-refractivity contribution in [3.05, 3.63) is 45.4 Å². The summed E-state index contributed by atoms with van der Waals surface area (Å²) in [5.74, 6) is 1.29. The van der Waals surface area contributed by atoms with Crippen LogP contribution in [0.25, 0.3) is 0 Å². The molecule has 2 aromatic rings. The number of hydrogen-bond acceptors (Lipinski definition) is 3. The van der Waals surface area contributed by atoms with E-state index in [2.05, 4.69) is 4.98 Å². The third kappa shape index (κ3) is 4.16. The maximum Gasteiger partial charge on any atom is 0.120 e. The molecule has 0 radical (unpaired) electrons. The van der Waals surface area contributed by atoms with Gasteiger partial charge in [-0.3, -0.25) is 0 Å². The summed E-state index contributed by atoms with van der Waals surface area (Å²) in [6.07, 6.45) is 1.85. The molecule has 1 aromatic carbocycles. The molecule has 0 aliphatic carbocycles. The zero-order chi connectivity index (χ0) is 12.8. The molecule has 0 unspecified atom stereocenters. The Bertz CT molecular complexity index is 501. The number of halogens is 2. The Balaban J connectivity index is 1.72. The molecule has 0 bridgehead atoms. The molecule has 0 aliphatic heterocycles. The number of nitrogens with zero attached hydrogens (tertiary/aromatic N) is 1. The summed E-state index contributed by atoms with van der Waals surface area (Å²) >= 11 is 13.2. The summed E-state index contributed by atoms with van der Waals surface area (Å²) < 4.78 is 5.61. The molecule has 5 heteroatoms. The molecule has 2 nitrogen and oxygen atoms in total. The Morgan fingerprint density at radius 2 is 2.22 bits per heavy atom. The van der Waals surface area contributed by atoms with Crippen molar-refractivity contribution in [3.63, 3.8) is 0 Å². The molecule has 0 atom stereocenters. The van der Waals surface area contributed by atoms with E-state index in [4.69, 9.17) is 27.9 Å². The van der Waals surface area contributed by atoms with E-state index in [-0.39, 0.29) is 0 Å². The summed E-state index contributed by atoms with van der Waals surface area (Å²) in [6, 6.07) is 7.43. The van der Waals surface area contributed by atoms with Gasteiger partial charge in [-0.05, 0) is 24.6 Å². The van der Waals surface area contributed by atoms with Crippen molar-refractivity contribution in [3.8, 4) is 5.75 Å². The summed E-state index contributed by atoms with van der Waals surface area (Å²) in [4.78, 5) is 4.40. The number of aromatic nitrogens is 1. The fraction of sp³-hybridized carbons (Fsp3) is 0.308. The summed E-state index contributed by atoms with van der Waals surface area (Å²) in [5, 5.41) is 3.81. The zero-order valence-corrected chi connectivity index (χ0v) is 12.1. The normalized spacial score (nSPS) is 10.6. The minimum Gasteiger partial charge on any atom is -0.494 e. The van der Waals surface area contributed by atoms with Gasteiger partial charge in [-0.15, -0.1) is 22.9 Å². The first-order valence-electron chi connectivity index (χ1n) is 5.65. The number of benzene rings is 1. The third-order valence-electron chi connectivity index (χ3n) is 2.34. The van der Waals surface area contributed by atoms with Gasteiger partial charge in [-0.25, -0.2) is 4.98 Å². The van der Waals surface area contributed by atoms with E-state index in [1.807, 2.05) is 29.6 Å². The smallest absolute Gasteiger partial charge is 0.120 e. The van der Waals surface area contributed by atoms with E-state index in [9.17, 15) is 0 Å². The SMILES string of the molecule is ClCc1csc(CCCOc2cccc(Cl)c2)n1. The molecule has 1 heterocycles. The van der Waals surface area contributed by atoms with Crippen molar-refractivity contribution in [2.75, 3.05) is 6.61 Å². The Hall–Kier alpha value is -0.770. The number of hydrogen-bond donors (Lipinski definition) is 0. The monoisotopic (exact) mass is 301 g/mol. The van der Waals surface area contributed by atoms with Crippen LogP contribution in [-0.2, 0) is 12.3 Å². The van der Waals surface area contributed by atoms with E-state index in [1.165, 1.54) is 0 Å². The highest BCUT2D eigenvalue weighted by atomic mass is 35.5. The first kappa shape index (κ1) is 13.7. The van der Waals surface area contributed by atoms with Crippen LogP contribution < -0.4 is 4.74 Å². The molecule has 2 rings (SSSR count). The highest BCUT2D eigenvalue weighted by Gasteiger charge is 2.01. The van der Waals surface area contributed by atoms with Gasteiger partial charge in [0, 0.05) is 16.8 Å². The van der Waals surface area contributed by atoms with Crippen molar-refractivity contribution in [1.29, 1.82) is 0 Å². The molecule has 18 heavy (non-hydrogen) atoms. The van der Waals surface area contributed by atoms with Crippen molar-refractivity contribution >= 4 is 34.5 Å². The predicted octanol–water partition coefficient (Wildman–Crippen LogP) is 4.55. The maximum absolute atomic E-state index is 5.87. The second-order valence-electron chi connectivity index (χ2n) is 3.78. The maximum atomic E-state index is 5.87. The molecule has 0 saturated carbocycles. The van der Waals surface area contributed by atoms with Gasteiger partial charge in [-0.1, -0.05) is 17.7 Å². The summed E-state index contributed by atoms with van der Waals surface area (Å²) in [5.41, 5.74) is 0.951. The van der Waals surface area contributed by atoms with Gasteiger partial charge in [0.1, 0.15) is 5.75 Å². The van der Waals surface area contributed by atoms with Gasteiger partial charge in [0.25, 0.3) is 0 Å². The lowest BCUT2D eigenvalue weighted by molar-refractivity contribution is 0.311. The fourth-order valence-corrected chi connectivity index (χ4v) is 2.74. The van der Waals surface area contributed by atoms with Crippen LogP contribution in [0.1, 0.15) is 17.1 Å². The Kier molecular flexibility index (Phi) is 5.29. The highest BCUT2D eigenvalue weighted by molar-refractivity contribution is 7.09. The van der Waals surface area contributed by atoms with Crippen molar-refractivity contribution < 1.29 is 4.74 Å². The second kappa shape index (κ2) is 6.98. The molecular formula is C13H13Cl2NOS. The number of rotatable bonds is 6. The third-order valence-corrected chi connectivity index (χ3v) is 3.80. The Labute approximate surface area is 121 Å². The second-order valence-corrected chi connectivity index (χ2v) is 5.42. The van der Waals surface area contributed by atoms with Crippen LogP contribution in [-0.4, -0.2) is 11.6 Å². The largest absolute Gasteiger partial charge is 0.494 e. The summed E-state index contributed by atoms with van der Waals surface area (Å²) in [6.45, 7) is 0.663. The molecule has 0 aliphatic rings. The average molecular weight is 302 g/mol. The minimum atomic E-state index is 0.482. The van der Waals surface area contributed by atoms with Crippen LogP contribution in [0.4, 0.5) is 0 Å². The fourth-order valence-electron chi connectivity index (χ4n) is 1.50. The van der Waals surface area contributed by atoms with E-state index in [0.29, 0.717) is 17.5 Å². The molecule has 96 valence electrons. The average Bonchev–Trinajstić information content (AvgIpc) is 2.83. The lowest BCUT2D eigenvalue weighted by Gasteiger charge is -2.05. The highest BCUT2D eigenvalue weighted by Crippen LogP contribution is 2.18. The zero-order valence-electron chi connectivity index (χ0n) is 9.73. The minimum absolute atomic E-state index is 0.482. The standard InChI is InChI=1S/C13H13Cl2NOS/c14-8-11-9-18-13(16-11)5-2-6-17-12-4-1-3-10(15)7-12/h1,3-4,7,9H,2,5-6,8H2. The predicted molar refractivity (Wildman–Crippen MR) is 76.9 cm³/mol. The van der Waals surface area contributed by atoms with E-state index < -0.39 is 0 Å². The van der Waals surface area contributed by atoms with Gasteiger partial charge < -0.3 is 4.74 Å².